The van der Waals surface area contributed by atoms with Gasteiger partial charge in [0.15, 0.2) is 30.5 Å². The zero-order chi connectivity index (χ0) is 25.5. The minimum atomic E-state index is -0.356. The summed E-state index contributed by atoms with van der Waals surface area (Å²) in [6.45, 7) is 1.83. The Bertz CT molecular complexity index is 1260. The molecule has 0 aliphatic carbocycles. The third kappa shape index (κ3) is 6.02. The predicted molar refractivity (Wildman–Crippen MR) is 135 cm³/mol. The first-order valence-electron chi connectivity index (χ1n) is 11.6. The van der Waals surface area contributed by atoms with Crippen LogP contribution in [0.3, 0.4) is 0 Å². The van der Waals surface area contributed by atoms with Crippen molar-refractivity contribution < 1.29 is 28.6 Å². The van der Waals surface area contributed by atoms with Crippen LogP contribution in [0, 0.1) is 6.92 Å². The zero-order valence-electron chi connectivity index (χ0n) is 20.3. The number of rotatable bonds is 10. The first-order valence-corrected chi connectivity index (χ1v) is 11.6. The summed E-state index contributed by atoms with van der Waals surface area (Å²) in [5.74, 6) is 0.498. The highest BCUT2D eigenvalue weighted by Crippen LogP contribution is 2.33. The molecular weight excluding hydrogens is 460 g/mol. The van der Waals surface area contributed by atoms with Gasteiger partial charge in [-0.15, -0.1) is 0 Å². The molecular formula is C28H28N2O6. The van der Waals surface area contributed by atoms with Gasteiger partial charge in [-0.2, -0.15) is 0 Å². The molecule has 0 unspecified atom stereocenters. The van der Waals surface area contributed by atoms with Crippen molar-refractivity contribution in [2.45, 2.75) is 13.3 Å². The van der Waals surface area contributed by atoms with Gasteiger partial charge in [-0.25, -0.2) is 0 Å². The van der Waals surface area contributed by atoms with Crippen LogP contribution in [0.2, 0.25) is 0 Å². The Balaban J connectivity index is 1.41. The SMILES string of the molecule is COc1cc(C)ccc1OCC(=O)c1ccc2c(c1)N(CC(=O)NCCc1ccccc1)C(=O)CO2. The molecule has 3 aromatic rings. The normalized spacial score (nSPS) is 12.4. The number of amides is 2. The highest BCUT2D eigenvalue weighted by molar-refractivity contribution is 6.04. The molecule has 3 aromatic carbocycles. The van der Waals surface area contributed by atoms with Crippen molar-refractivity contribution in [3.8, 4) is 17.2 Å². The van der Waals surface area contributed by atoms with Crippen molar-refractivity contribution in [1.82, 2.24) is 5.32 Å². The Morgan fingerprint density at radius 3 is 2.61 bits per heavy atom. The summed E-state index contributed by atoms with van der Waals surface area (Å²) in [6.07, 6.45) is 0.685. The van der Waals surface area contributed by atoms with E-state index in [9.17, 15) is 14.4 Å². The molecule has 0 saturated carbocycles. The summed E-state index contributed by atoms with van der Waals surface area (Å²) in [5.41, 5.74) is 2.84. The van der Waals surface area contributed by atoms with Gasteiger partial charge in [-0.1, -0.05) is 36.4 Å². The third-order valence-electron chi connectivity index (χ3n) is 5.78. The molecule has 0 aromatic heterocycles. The number of hydrogen-bond donors (Lipinski definition) is 1. The number of benzene rings is 3. The number of nitrogens with zero attached hydrogens (tertiary/aromatic N) is 1. The fourth-order valence-electron chi connectivity index (χ4n) is 3.86. The summed E-state index contributed by atoms with van der Waals surface area (Å²) in [6, 6.07) is 20.1. The average Bonchev–Trinajstić information content (AvgIpc) is 2.89. The van der Waals surface area contributed by atoms with Crippen LogP contribution in [-0.2, 0) is 16.0 Å². The molecule has 1 N–H and O–H groups in total. The number of methoxy groups -OCH3 is 1. The smallest absolute Gasteiger partial charge is 0.265 e. The van der Waals surface area contributed by atoms with E-state index in [4.69, 9.17) is 14.2 Å². The van der Waals surface area contributed by atoms with Gasteiger partial charge < -0.3 is 19.5 Å². The molecule has 0 spiro atoms. The van der Waals surface area contributed by atoms with Crippen LogP contribution in [0.25, 0.3) is 0 Å². The highest BCUT2D eigenvalue weighted by Gasteiger charge is 2.28. The maximum absolute atomic E-state index is 12.9. The monoisotopic (exact) mass is 488 g/mol. The highest BCUT2D eigenvalue weighted by atomic mass is 16.5. The van der Waals surface area contributed by atoms with Crippen molar-refractivity contribution in [3.05, 3.63) is 83.4 Å². The summed E-state index contributed by atoms with van der Waals surface area (Å²) < 4.78 is 16.5. The van der Waals surface area contributed by atoms with E-state index in [-0.39, 0.29) is 37.4 Å². The van der Waals surface area contributed by atoms with E-state index in [2.05, 4.69) is 5.32 Å². The molecule has 1 aliphatic rings. The summed E-state index contributed by atoms with van der Waals surface area (Å²) >= 11 is 0. The first-order chi connectivity index (χ1) is 17.4. The maximum Gasteiger partial charge on any atom is 0.265 e. The lowest BCUT2D eigenvalue weighted by Gasteiger charge is -2.29. The molecule has 2 amide bonds. The average molecular weight is 489 g/mol. The number of carbonyl (C=O) groups is 3. The molecule has 36 heavy (non-hydrogen) atoms. The molecule has 8 nitrogen and oxygen atoms in total. The minimum Gasteiger partial charge on any atom is -0.493 e. The number of fused-ring (bicyclic) bond motifs is 1. The van der Waals surface area contributed by atoms with E-state index < -0.39 is 0 Å². The maximum atomic E-state index is 12.9. The van der Waals surface area contributed by atoms with E-state index in [1.807, 2.05) is 49.4 Å². The van der Waals surface area contributed by atoms with Crippen LogP contribution in [0.1, 0.15) is 21.5 Å². The molecule has 186 valence electrons. The summed E-state index contributed by atoms with van der Waals surface area (Å²) in [7, 11) is 1.54. The van der Waals surface area contributed by atoms with Crippen LogP contribution in [0.15, 0.2) is 66.7 Å². The predicted octanol–water partition coefficient (Wildman–Crippen LogP) is 3.35. The largest absolute Gasteiger partial charge is 0.493 e. The molecule has 0 atom stereocenters. The van der Waals surface area contributed by atoms with E-state index in [1.54, 1.807) is 24.3 Å². The number of ether oxygens (including phenoxy) is 3. The number of ketones is 1. The number of anilines is 1. The van der Waals surface area contributed by atoms with Crippen LogP contribution >= 0.6 is 0 Å². The second-order valence-electron chi connectivity index (χ2n) is 8.40. The number of hydrogen-bond acceptors (Lipinski definition) is 6. The molecule has 0 radical (unpaired) electrons. The molecule has 8 heteroatoms. The molecule has 0 saturated heterocycles. The molecule has 1 heterocycles. The van der Waals surface area contributed by atoms with Gasteiger partial charge in [0, 0.05) is 12.1 Å². The summed E-state index contributed by atoms with van der Waals surface area (Å²) in [5, 5.41) is 2.85. The van der Waals surface area contributed by atoms with E-state index in [1.165, 1.54) is 12.0 Å². The van der Waals surface area contributed by atoms with Crippen molar-refractivity contribution in [2.75, 3.05) is 38.3 Å². The summed E-state index contributed by atoms with van der Waals surface area (Å²) in [4.78, 5) is 39.4. The van der Waals surface area contributed by atoms with Gasteiger partial charge in [0.25, 0.3) is 5.91 Å². The second kappa shape index (κ2) is 11.4. The van der Waals surface area contributed by atoms with Crippen LogP contribution < -0.4 is 24.4 Å². The number of Topliss-reactive ketones (excluding diaryl/α,β-unsaturated/α-hetero) is 1. The van der Waals surface area contributed by atoms with Gasteiger partial charge in [0.1, 0.15) is 12.3 Å². The van der Waals surface area contributed by atoms with Gasteiger partial charge in [0.05, 0.1) is 12.8 Å². The van der Waals surface area contributed by atoms with Crippen LogP contribution in [0.5, 0.6) is 17.2 Å². The van der Waals surface area contributed by atoms with Crippen LogP contribution in [0.4, 0.5) is 5.69 Å². The van der Waals surface area contributed by atoms with E-state index >= 15 is 0 Å². The molecule has 1 aliphatic heterocycles. The number of aryl methyl sites for hydroxylation is 1. The van der Waals surface area contributed by atoms with Crippen molar-refractivity contribution >= 4 is 23.3 Å². The second-order valence-corrected chi connectivity index (χ2v) is 8.40. The van der Waals surface area contributed by atoms with Crippen molar-refractivity contribution in [3.63, 3.8) is 0 Å². The minimum absolute atomic E-state index is 0.168. The van der Waals surface area contributed by atoms with Gasteiger partial charge in [-0.05, 0) is 54.8 Å². The van der Waals surface area contributed by atoms with E-state index in [0.29, 0.717) is 41.5 Å². The Labute approximate surface area is 209 Å². The molecule has 4 rings (SSSR count). The van der Waals surface area contributed by atoms with Gasteiger partial charge >= 0.3 is 0 Å². The van der Waals surface area contributed by atoms with Crippen molar-refractivity contribution in [2.24, 2.45) is 0 Å². The third-order valence-corrected chi connectivity index (χ3v) is 5.78. The lowest BCUT2D eigenvalue weighted by molar-refractivity contribution is -0.125. The Kier molecular flexibility index (Phi) is 7.85. The fraction of sp³-hybridized carbons (Fsp3) is 0.250. The van der Waals surface area contributed by atoms with Crippen LogP contribution in [-0.4, -0.2) is 51.0 Å². The Morgan fingerprint density at radius 2 is 1.83 bits per heavy atom. The first kappa shape index (κ1) is 24.8. The number of nitrogens with one attached hydrogen (secondary N) is 1. The molecule has 0 bridgehead atoms. The zero-order valence-corrected chi connectivity index (χ0v) is 20.3. The topological polar surface area (TPSA) is 94.2 Å². The Morgan fingerprint density at radius 1 is 1.03 bits per heavy atom. The fourth-order valence-corrected chi connectivity index (χ4v) is 3.86. The lowest BCUT2D eigenvalue weighted by atomic mass is 10.1. The lowest BCUT2D eigenvalue weighted by Crippen LogP contribution is -2.45. The number of carbonyl (C=O) groups excluding carboxylic acids is 3. The van der Waals surface area contributed by atoms with Gasteiger partial charge in [0.2, 0.25) is 5.91 Å². The Hall–Kier alpha value is -4.33. The van der Waals surface area contributed by atoms with Crippen molar-refractivity contribution in [1.29, 1.82) is 0 Å². The quantitative estimate of drug-likeness (QED) is 0.440. The molecule has 0 fully saturated rings. The standard InChI is InChI=1S/C28H28N2O6/c1-19-8-10-25(26(14-19)34-2)35-17-23(31)21-9-11-24-22(15-21)30(28(33)18-36-24)16-27(32)29-13-12-20-6-4-3-5-7-20/h3-11,14-15H,12-13,16-18H2,1-2H3,(H,29,32). The van der Waals surface area contributed by atoms with E-state index in [0.717, 1.165) is 11.1 Å². The van der Waals surface area contributed by atoms with Gasteiger partial charge in [-0.3, -0.25) is 19.3 Å².